The van der Waals surface area contributed by atoms with Crippen molar-refractivity contribution in [3.63, 3.8) is 0 Å². The topological polar surface area (TPSA) is 61.8 Å². The second kappa shape index (κ2) is 8.68. The Balaban J connectivity index is 2.04. The lowest BCUT2D eigenvalue weighted by molar-refractivity contribution is -0.128. The van der Waals surface area contributed by atoms with E-state index in [9.17, 15) is 9.59 Å². The fourth-order valence-corrected chi connectivity index (χ4v) is 2.15. The SMILES string of the molecule is CCC(=O)c1ccc(OC(=O)/C=C/c2cc(OC)cc(OC)c2)cc1. The molecular weight excluding hydrogens is 320 g/mol. The second-order valence-electron chi connectivity index (χ2n) is 5.20. The Morgan fingerprint density at radius 1 is 0.920 bits per heavy atom. The van der Waals surface area contributed by atoms with E-state index in [4.69, 9.17) is 14.2 Å². The predicted molar refractivity (Wildman–Crippen MR) is 95.3 cm³/mol. The van der Waals surface area contributed by atoms with Gasteiger partial charge in [0, 0.05) is 24.1 Å². The first-order valence-corrected chi connectivity index (χ1v) is 7.82. The van der Waals surface area contributed by atoms with Gasteiger partial charge in [-0.15, -0.1) is 0 Å². The molecule has 2 aromatic carbocycles. The molecule has 0 aromatic heterocycles. The summed E-state index contributed by atoms with van der Waals surface area (Å²) in [5.74, 6) is 1.17. The third kappa shape index (κ3) is 5.21. The van der Waals surface area contributed by atoms with Gasteiger partial charge in [-0.3, -0.25) is 4.79 Å². The van der Waals surface area contributed by atoms with Crippen LogP contribution in [0.5, 0.6) is 17.2 Å². The van der Waals surface area contributed by atoms with Crippen LogP contribution >= 0.6 is 0 Å². The molecule has 0 fully saturated rings. The van der Waals surface area contributed by atoms with Crippen molar-refractivity contribution in [3.8, 4) is 17.2 Å². The van der Waals surface area contributed by atoms with Gasteiger partial charge in [-0.05, 0) is 48.0 Å². The normalized spacial score (nSPS) is 10.5. The minimum Gasteiger partial charge on any atom is -0.497 e. The Bertz CT molecular complexity index is 753. The summed E-state index contributed by atoms with van der Waals surface area (Å²) < 4.78 is 15.6. The average molecular weight is 340 g/mol. The van der Waals surface area contributed by atoms with Crippen LogP contribution in [0.15, 0.2) is 48.5 Å². The molecule has 0 aliphatic carbocycles. The molecule has 0 radical (unpaired) electrons. The molecule has 0 atom stereocenters. The summed E-state index contributed by atoms with van der Waals surface area (Å²) in [5.41, 5.74) is 1.35. The van der Waals surface area contributed by atoms with Gasteiger partial charge in [0.1, 0.15) is 17.2 Å². The number of hydrogen-bond donors (Lipinski definition) is 0. The number of esters is 1. The summed E-state index contributed by atoms with van der Waals surface area (Å²) in [7, 11) is 3.12. The first-order chi connectivity index (χ1) is 12.0. The minimum atomic E-state index is -0.517. The van der Waals surface area contributed by atoms with Gasteiger partial charge in [0.25, 0.3) is 0 Å². The van der Waals surface area contributed by atoms with Crippen molar-refractivity contribution in [2.75, 3.05) is 14.2 Å². The van der Waals surface area contributed by atoms with Crippen molar-refractivity contribution in [2.24, 2.45) is 0 Å². The van der Waals surface area contributed by atoms with Gasteiger partial charge in [0.2, 0.25) is 0 Å². The van der Waals surface area contributed by atoms with Crippen LogP contribution in [0.3, 0.4) is 0 Å². The summed E-state index contributed by atoms with van der Waals surface area (Å²) in [6, 6.07) is 11.8. The van der Waals surface area contributed by atoms with Gasteiger partial charge >= 0.3 is 5.97 Å². The molecule has 5 nitrogen and oxygen atoms in total. The van der Waals surface area contributed by atoms with Crippen molar-refractivity contribution in [3.05, 3.63) is 59.7 Å². The molecule has 0 heterocycles. The molecule has 0 unspecified atom stereocenters. The van der Waals surface area contributed by atoms with Crippen molar-refractivity contribution in [1.29, 1.82) is 0 Å². The van der Waals surface area contributed by atoms with Crippen molar-refractivity contribution < 1.29 is 23.8 Å². The van der Waals surface area contributed by atoms with Crippen LogP contribution in [0, 0.1) is 0 Å². The Morgan fingerprint density at radius 2 is 1.52 bits per heavy atom. The number of rotatable bonds is 7. The van der Waals surface area contributed by atoms with Gasteiger partial charge < -0.3 is 14.2 Å². The Morgan fingerprint density at radius 3 is 2.04 bits per heavy atom. The lowest BCUT2D eigenvalue weighted by atomic mass is 10.1. The summed E-state index contributed by atoms with van der Waals surface area (Å²) in [5, 5.41) is 0. The molecule has 0 aliphatic heterocycles. The van der Waals surface area contributed by atoms with Gasteiger partial charge in [0.15, 0.2) is 5.78 Å². The highest BCUT2D eigenvalue weighted by molar-refractivity contribution is 5.96. The largest absolute Gasteiger partial charge is 0.497 e. The molecule has 0 bridgehead atoms. The fraction of sp³-hybridized carbons (Fsp3) is 0.200. The minimum absolute atomic E-state index is 0.0461. The molecule has 130 valence electrons. The number of hydrogen-bond acceptors (Lipinski definition) is 5. The maximum absolute atomic E-state index is 11.9. The fourth-order valence-electron chi connectivity index (χ4n) is 2.15. The van der Waals surface area contributed by atoms with Crippen LogP contribution < -0.4 is 14.2 Å². The third-order valence-corrected chi connectivity index (χ3v) is 3.50. The highest BCUT2D eigenvalue weighted by Gasteiger charge is 2.05. The summed E-state index contributed by atoms with van der Waals surface area (Å²) in [6.45, 7) is 1.80. The number of carbonyl (C=O) groups is 2. The molecular formula is C20H20O5. The lowest BCUT2D eigenvalue weighted by Gasteiger charge is -2.06. The average Bonchev–Trinajstić information content (AvgIpc) is 2.66. The van der Waals surface area contributed by atoms with Crippen LogP contribution in [0.4, 0.5) is 0 Å². The van der Waals surface area contributed by atoms with Crippen molar-refractivity contribution in [1.82, 2.24) is 0 Å². The number of ketones is 1. The zero-order valence-electron chi connectivity index (χ0n) is 14.4. The Labute approximate surface area is 146 Å². The summed E-state index contributed by atoms with van der Waals surface area (Å²) >= 11 is 0. The summed E-state index contributed by atoms with van der Waals surface area (Å²) in [6.07, 6.45) is 3.37. The highest BCUT2D eigenvalue weighted by Crippen LogP contribution is 2.23. The molecule has 2 aromatic rings. The van der Waals surface area contributed by atoms with E-state index in [-0.39, 0.29) is 5.78 Å². The van der Waals surface area contributed by atoms with Gasteiger partial charge in [-0.2, -0.15) is 0 Å². The number of benzene rings is 2. The maximum atomic E-state index is 11.9. The van der Waals surface area contributed by atoms with E-state index in [0.717, 1.165) is 5.56 Å². The Hall–Kier alpha value is -3.08. The van der Waals surface area contributed by atoms with E-state index in [1.807, 2.05) is 0 Å². The maximum Gasteiger partial charge on any atom is 0.336 e. The van der Waals surface area contributed by atoms with Crippen LogP contribution in [0.2, 0.25) is 0 Å². The number of Topliss-reactive ketones (excluding diaryl/α,β-unsaturated/α-hetero) is 1. The van der Waals surface area contributed by atoms with Crippen molar-refractivity contribution >= 4 is 17.8 Å². The van der Waals surface area contributed by atoms with Crippen LogP contribution in [-0.4, -0.2) is 26.0 Å². The smallest absolute Gasteiger partial charge is 0.336 e. The van der Waals surface area contributed by atoms with E-state index in [1.165, 1.54) is 6.08 Å². The molecule has 25 heavy (non-hydrogen) atoms. The molecule has 0 N–H and O–H groups in total. The monoisotopic (exact) mass is 340 g/mol. The van der Waals surface area contributed by atoms with E-state index >= 15 is 0 Å². The molecule has 0 aliphatic rings. The van der Waals surface area contributed by atoms with Crippen LogP contribution in [0.1, 0.15) is 29.3 Å². The van der Waals surface area contributed by atoms with E-state index in [0.29, 0.717) is 29.2 Å². The molecule has 0 spiro atoms. The zero-order valence-corrected chi connectivity index (χ0v) is 14.4. The number of carbonyl (C=O) groups excluding carboxylic acids is 2. The number of ether oxygens (including phenoxy) is 3. The van der Waals surface area contributed by atoms with Crippen molar-refractivity contribution in [2.45, 2.75) is 13.3 Å². The highest BCUT2D eigenvalue weighted by atomic mass is 16.5. The Kier molecular flexibility index (Phi) is 6.34. The zero-order chi connectivity index (χ0) is 18.2. The molecule has 2 rings (SSSR count). The molecule has 0 saturated carbocycles. The standard InChI is InChI=1S/C20H20O5/c1-4-19(21)15-6-8-16(9-7-15)25-20(22)10-5-14-11-17(23-2)13-18(12-14)24-3/h5-13H,4H2,1-3H3/b10-5+. The van der Waals surface area contributed by atoms with E-state index in [2.05, 4.69) is 0 Å². The van der Waals surface area contributed by atoms with Gasteiger partial charge in [0.05, 0.1) is 14.2 Å². The first-order valence-electron chi connectivity index (χ1n) is 7.82. The van der Waals surface area contributed by atoms with Crippen LogP contribution in [-0.2, 0) is 4.79 Å². The molecule has 5 heteroatoms. The molecule has 0 saturated heterocycles. The number of methoxy groups -OCH3 is 2. The third-order valence-electron chi connectivity index (χ3n) is 3.50. The second-order valence-corrected chi connectivity index (χ2v) is 5.20. The van der Waals surface area contributed by atoms with E-state index < -0.39 is 5.97 Å². The predicted octanol–water partition coefficient (Wildman–Crippen LogP) is 3.92. The van der Waals surface area contributed by atoms with E-state index in [1.54, 1.807) is 69.7 Å². The van der Waals surface area contributed by atoms with Gasteiger partial charge in [-0.1, -0.05) is 6.92 Å². The molecule has 0 amide bonds. The first kappa shape index (κ1) is 18.3. The van der Waals surface area contributed by atoms with Gasteiger partial charge in [-0.25, -0.2) is 4.79 Å². The summed E-state index contributed by atoms with van der Waals surface area (Å²) in [4.78, 5) is 23.5. The lowest BCUT2D eigenvalue weighted by Crippen LogP contribution is -2.04. The van der Waals surface area contributed by atoms with Crippen LogP contribution in [0.25, 0.3) is 6.08 Å². The quantitative estimate of drug-likeness (QED) is 0.331.